The zero-order chi connectivity index (χ0) is 23.9. The van der Waals surface area contributed by atoms with Crippen LogP contribution >= 0.6 is 11.3 Å². The first kappa shape index (κ1) is 22.1. The fraction of sp³-hybridized carbons (Fsp3) is 0.286. The summed E-state index contributed by atoms with van der Waals surface area (Å²) in [5, 5.41) is 4.35. The van der Waals surface area contributed by atoms with E-state index in [-0.39, 0.29) is 35.9 Å². The Morgan fingerprint density at radius 3 is 2.88 bits per heavy atom. The number of carbonyl (C=O) groups is 1. The second-order valence-corrected chi connectivity index (χ2v) is 8.45. The van der Waals surface area contributed by atoms with Crippen LogP contribution in [0.5, 0.6) is 5.88 Å². The minimum atomic E-state index is -3.03. The van der Waals surface area contributed by atoms with Crippen molar-refractivity contribution in [2.75, 3.05) is 5.32 Å². The Morgan fingerprint density at radius 1 is 1.32 bits per heavy atom. The molecule has 1 amide bonds. The summed E-state index contributed by atoms with van der Waals surface area (Å²) in [6.07, 6.45) is -0.828. The van der Waals surface area contributed by atoms with Crippen LogP contribution in [0, 0.1) is 11.7 Å². The number of amidine groups is 1. The van der Waals surface area contributed by atoms with Gasteiger partial charge in [0.2, 0.25) is 5.88 Å². The van der Waals surface area contributed by atoms with Crippen molar-refractivity contribution < 1.29 is 27.4 Å². The number of halogens is 3. The van der Waals surface area contributed by atoms with Gasteiger partial charge in [-0.3, -0.25) is 4.79 Å². The highest BCUT2D eigenvalue weighted by Crippen LogP contribution is 2.56. The predicted octanol–water partition coefficient (Wildman–Crippen LogP) is 3.10. The van der Waals surface area contributed by atoms with Gasteiger partial charge in [0.25, 0.3) is 18.4 Å². The van der Waals surface area contributed by atoms with Crippen molar-refractivity contribution in [1.29, 1.82) is 0 Å². The number of anilines is 1. The van der Waals surface area contributed by atoms with Gasteiger partial charge >= 0.3 is 0 Å². The highest BCUT2D eigenvalue weighted by Gasteiger charge is 2.64. The molecule has 0 bridgehead atoms. The first-order valence-corrected chi connectivity index (χ1v) is 11.0. The molecule has 0 saturated heterocycles. The normalized spacial score (nSPS) is 23.0. The molecule has 1 saturated carbocycles. The number of hydrogen-bond donors (Lipinski definition) is 2. The lowest BCUT2D eigenvalue weighted by molar-refractivity contribution is 0.0177. The summed E-state index contributed by atoms with van der Waals surface area (Å²) in [5.41, 5.74) is 5.48. The van der Waals surface area contributed by atoms with Gasteiger partial charge in [-0.05, 0) is 24.6 Å². The third-order valence-electron chi connectivity index (χ3n) is 5.57. The lowest BCUT2D eigenvalue weighted by atomic mass is 9.84. The van der Waals surface area contributed by atoms with E-state index in [9.17, 15) is 18.0 Å². The fourth-order valence-electron chi connectivity index (χ4n) is 3.87. The zero-order valence-electron chi connectivity index (χ0n) is 17.3. The second kappa shape index (κ2) is 8.56. The second-order valence-electron chi connectivity index (χ2n) is 7.73. The van der Waals surface area contributed by atoms with Gasteiger partial charge in [-0.25, -0.2) is 33.1 Å². The van der Waals surface area contributed by atoms with Crippen LogP contribution in [0.3, 0.4) is 0 Å². The molecule has 3 atom stereocenters. The molecule has 1 fully saturated rings. The van der Waals surface area contributed by atoms with Gasteiger partial charge in [0.15, 0.2) is 5.54 Å². The Kier molecular flexibility index (Phi) is 5.55. The predicted molar refractivity (Wildman–Crippen MR) is 115 cm³/mol. The van der Waals surface area contributed by atoms with Crippen molar-refractivity contribution in [3.8, 4) is 5.88 Å². The van der Waals surface area contributed by atoms with Crippen molar-refractivity contribution in [3.05, 3.63) is 64.3 Å². The topological polar surface area (TPSA) is 125 Å². The lowest BCUT2D eigenvalue weighted by Crippen LogP contribution is -2.43. The number of nitrogens with zero attached hydrogens (tertiary/aromatic N) is 4. The van der Waals surface area contributed by atoms with Gasteiger partial charge in [-0.1, -0.05) is 0 Å². The van der Waals surface area contributed by atoms with E-state index in [0.29, 0.717) is 0 Å². The lowest BCUT2D eigenvalue weighted by Gasteiger charge is -2.33. The number of benzene rings is 1. The average molecular weight is 490 g/mol. The number of carbonyl (C=O) groups excluding carboxylic acids is 1. The third kappa shape index (κ3) is 4.02. The van der Waals surface area contributed by atoms with Gasteiger partial charge in [-0.15, -0.1) is 11.3 Å². The van der Waals surface area contributed by atoms with E-state index in [0.717, 1.165) is 17.8 Å². The highest BCUT2D eigenvalue weighted by atomic mass is 32.1. The Morgan fingerprint density at radius 2 is 2.18 bits per heavy atom. The number of fused-ring (bicyclic) bond motifs is 1. The van der Waals surface area contributed by atoms with Gasteiger partial charge in [-0.2, -0.15) is 0 Å². The van der Waals surface area contributed by atoms with Crippen molar-refractivity contribution in [2.24, 2.45) is 16.6 Å². The first-order valence-electron chi connectivity index (χ1n) is 10.1. The molecule has 3 heterocycles. The molecule has 176 valence electrons. The SMILES string of the molecule is NC1=N[C@@](c2cc(NC(=O)c3cnc(OCc4cscn4)cn3)ccc2F)(C(F)F)C2C[C@H]2O1. The molecule has 3 N–H and O–H groups in total. The van der Waals surface area contributed by atoms with E-state index < -0.39 is 41.7 Å². The summed E-state index contributed by atoms with van der Waals surface area (Å²) < 4.78 is 53.8. The third-order valence-corrected chi connectivity index (χ3v) is 6.20. The molecular formula is C21H17F3N6O3S. The number of alkyl halides is 2. The van der Waals surface area contributed by atoms with Gasteiger partial charge in [0, 0.05) is 22.5 Å². The van der Waals surface area contributed by atoms with Crippen LogP contribution in [0.2, 0.25) is 0 Å². The molecular weight excluding hydrogens is 473 g/mol. The Hall–Kier alpha value is -3.74. The molecule has 13 heteroatoms. The zero-order valence-corrected chi connectivity index (χ0v) is 18.1. The van der Waals surface area contributed by atoms with Crippen LogP contribution < -0.4 is 15.8 Å². The average Bonchev–Trinajstić information content (AvgIpc) is 3.41. The summed E-state index contributed by atoms with van der Waals surface area (Å²) in [7, 11) is 0. The van der Waals surface area contributed by atoms with Crippen LogP contribution in [0.25, 0.3) is 0 Å². The van der Waals surface area contributed by atoms with Crippen LogP contribution in [0.4, 0.5) is 18.9 Å². The molecule has 5 rings (SSSR count). The number of ether oxygens (including phenoxy) is 2. The molecule has 1 aromatic carbocycles. The number of hydrogen-bond acceptors (Lipinski definition) is 9. The maximum atomic E-state index is 14.7. The van der Waals surface area contributed by atoms with Crippen molar-refractivity contribution in [3.63, 3.8) is 0 Å². The quantitative estimate of drug-likeness (QED) is 0.521. The molecule has 3 aromatic rings. The van der Waals surface area contributed by atoms with Crippen molar-refractivity contribution >= 4 is 29.0 Å². The van der Waals surface area contributed by atoms with E-state index in [1.807, 2.05) is 5.38 Å². The summed E-state index contributed by atoms with van der Waals surface area (Å²) in [4.78, 5) is 28.6. The number of thiazole rings is 1. The first-order chi connectivity index (χ1) is 16.4. The number of aromatic nitrogens is 3. The fourth-order valence-corrected chi connectivity index (χ4v) is 4.41. The van der Waals surface area contributed by atoms with Gasteiger partial charge in [0.05, 0.1) is 23.6 Å². The van der Waals surface area contributed by atoms with Crippen LogP contribution in [-0.2, 0) is 16.9 Å². The van der Waals surface area contributed by atoms with E-state index in [1.54, 1.807) is 5.51 Å². The molecule has 1 aliphatic heterocycles. The summed E-state index contributed by atoms with van der Waals surface area (Å²) in [6.45, 7) is 0.202. The molecule has 9 nitrogen and oxygen atoms in total. The molecule has 1 unspecified atom stereocenters. The minimum absolute atomic E-state index is 0.0500. The molecule has 1 aliphatic carbocycles. The van der Waals surface area contributed by atoms with E-state index >= 15 is 0 Å². The highest BCUT2D eigenvalue weighted by molar-refractivity contribution is 7.07. The molecule has 2 aromatic heterocycles. The maximum absolute atomic E-state index is 14.7. The van der Waals surface area contributed by atoms with Crippen molar-refractivity contribution in [1.82, 2.24) is 15.0 Å². The molecule has 0 radical (unpaired) electrons. The van der Waals surface area contributed by atoms with Crippen molar-refractivity contribution in [2.45, 2.75) is 31.1 Å². The Balaban J connectivity index is 1.34. The number of aliphatic imine (C=N–C) groups is 1. The molecule has 34 heavy (non-hydrogen) atoms. The number of nitrogens with two attached hydrogens (primary N) is 1. The van der Waals surface area contributed by atoms with E-state index in [2.05, 4.69) is 25.3 Å². The number of rotatable bonds is 7. The van der Waals surface area contributed by atoms with Gasteiger partial charge in [0.1, 0.15) is 24.2 Å². The maximum Gasteiger partial charge on any atom is 0.283 e. The van der Waals surface area contributed by atoms with Gasteiger partial charge < -0.3 is 20.5 Å². The van der Waals surface area contributed by atoms with E-state index in [4.69, 9.17) is 15.2 Å². The van der Waals surface area contributed by atoms with Crippen LogP contribution in [-0.4, -0.2) is 39.4 Å². The molecule has 2 aliphatic rings. The number of amides is 1. The van der Waals surface area contributed by atoms with Crippen LogP contribution in [0.1, 0.15) is 28.2 Å². The standard InChI is InChI=1S/C21H17F3N6O3S/c22-14-2-1-10(3-12(14)21(19(23)24)13-4-16(13)33-20(25)30-21)29-18(31)15-5-27-17(6-26-15)32-7-11-8-34-9-28-11/h1-3,5-6,8-9,13,16,19H,4,7H2,(H2,25,30)(H,29,31)/t13?,16-,21-/m1/s1. The largest absolute Gasteiger partial charge is 0.470 e. The summed E-state index contributed by atoms with van der Waals surface area (Å²) in [6, 6.07) is 2.97. The Bertz CT molecular complexity index is 1240. The smallest absolute Gasteiger partial charge is 0.283 e. The number of nitrogens with one attached hydrogen (secondary N) is 1. The molecule has 0 spiro atoms. The summed E-state index contributed by atoms with van der Waals surface area (Å²) >= 11 is 1.43. The minimum Gasteiger partial charge on any atom is -0.470 e. The van der Waals surface area contributed by atoms with E-state index in [1.165, 1.54) is 29.8 Å². The monoisotopic (exact) mass is 490 g/mol. The summed E-state index contributed by atoms with van der Waals surface area (Å²) in [5.74, 6) is -2.07. The van der Waals surface area contributed by atoms with Crippen LogP contribution in [0.15, 0.2) is 46.5 Å². The Labute approximate surface area is 194 Å².